The molecule has 1 aliphatic carbocycles. The molecule has 3 aromatic rings. The predicted octanol–water partition coefficient (Wildman–Crippen LogP) is 4.87. The number of hydrogen-bond donors (Lipinski definition) is 1. The van der Waals surface area contributed by atoms with Gasteiger partial charge in [0.05, 0.1) is 0 Å². The smallest absolute Gasteiger partial charge is 0.321 e. The molecule has 2 aromatic heterocycles. The van der Waals surface area contributed by atoms with Crippen molar-refractivity contribution in [1.29, 1.82) is 0 Å². The van der Waals surface area contributed by atoms with E-state index in [1.165, 1.54) is 18.7 Å². The maximum absolute atomic E-state index is 12.9. The number of hydrogen-bond acceptors (Lipinski definition) is 3. The lowest BCUT2D eigenvalue weighted by Crippen LogP contribution is -2.43. The van der Waals surface area contributed by atoms with Gasteiger partial charge in [0.1, 0.15) is 11.3 Å². The number of carbonyl (C=O) groups is 1. The van der Waals surface area contributed by atoms with Crippen LogP contribution in [-0.4, -0.2) is 38.6 Å². The molecule has 1 aliphatic heterocycles. The second kappa shape index (κ2) is 7.74. The molecule has 30 heavy (non-hydrogen) atoms. The van der Waals surface area contributed by atoms with Crippen molar-refractivity contribution in [3.63, 3.8) is 0 Å². The highest BCUT2D eigenvalue weighted by Crippen LogP contribution is 2.41. The molecular formula is C24H29N5O. The maximum atomic E-state index is 12.9. The molecule has 156 valence electrons. The molecule has 2 aliphatic rings. The Bertz CT molecular complexity index is 1060. The minimum atomic E-state index is 0.000676. The Morgan fingerprint density at radius 2 is 1.97 bits per heavy atom. The molecule has 1 N–H and O–H groups in total. The molecule has 1 atom stereocenters. The van der Waals surface area contributed by atoms with E-state index in [4.69, 9.17) is 4.98 Å². The number of likely N-dealkylation sites (tertiary alicyclic amines) is 1. The number of imidazole rings is 1. The molecule has 5 rings (SSSR count). The summed E-state index contributed by atoms with van der Waals surface area (Å²) in [5, 5.41) is 3.10. The van der Waals surface area contributed by atoms with Crippen LogP contribution in [0, 0.1) is 19.8 Å². The van der Waals surface area contributed by atoms with Crippen LogP contribution in [0.25, 0.3) is 11.2 Å². The lowest BCUT2D eigenvalue weighted by molar-refractivity contribution is 0.170. The molecule has 0 bridgehead atoms. The van der Waals surface area contributed by atoms with Crippen LogP contribution < -0.4 is 5.32 Å². The van der Waals surface area contributed by atoms with Gasteiger partial charge in [-0.2, -0.15) is 0 Å². The Balaban J connectivity index is 1.31. The third kappa shape index (κ3) is 3.91. The Kier molecular flexibility index (Phi) is 4.93. The fourth-order valence-corrected chi connectivity index (χ4v) is 4.72. The van der Waals surface area contributed by atoms with Crippen LogP contribution in [0.1, 0.15) is 48.6 Å². The van der Waals surface area contributed by atoms with Gasteiger partial charge in [0.25, 0.3) is 0 Å². The number of fused-ring (bicyclic) bond motifs is 1. The van der Waals surface area contributed by atoms with E-state index >= 15 is 0 Å². The SMILES string of the molecule is Cc1cc(C)cc(NC(=O)N2CCCC(Cn3c(C4CC4)nc4cccnc43)C2)c1. The highest BCUT2D eigenvalue weighted by Gasteiger charge is 2.32. The lowest BCUT2D eigenvalue weighted by Gasteiger charge is -2.33. The molecular weight excluding hydrogens is 374 g/mol. The van der Waals surface area contributed by atoms with Crippen molar-refractivity contribution in [3.05, 3.63) is 53.5 Å². The van der Waals surface area contributed by atoms with Gasteiger partial charge >= 0.3 is 6.03 Å². The summed E-state index contributed by atoms with van der Waals surface area (Å²) in [6, 6.07) is 10.2. The van der Waals surface area contributed by atoms with Gasteiger partial charge in [0.2, 0.25) is 0 Å². The van der Waals surface area contributed by atoms with Gasteiger partial charge in [-0.15, -0.1) is 0 Å². The van der Waals surface area contributed by atoms with Crippen LogP contribution in [0.4, 0.5) is 10.5 Å². The monoisotopic (exact) mass is 403 g/mol. The average molecular weight is 404 g/mol. The van der Waals surface area contributed by atoms with E-state index in [0.29, 0.717) is 11.8 Å². The second-order valence-electron chi connectivity index (χ2n) is 8.96. The Morgan fingerprint density at radius 3 is 2.73 bits per heavy atom. The highest BCUT2D eigenvalue weighted by atomic mass is 16.2. The van der Waals surface area contributed by atoms with Crippen molar-refractivity contribution in [1.82, 2.24) is 19.4 Å². The van der Waals surface area contributed by atoms with E-state index < -0.39 is 0 Å². The summed E-state index contributed by atoms with van der Waals surface area (Å²) in [6.07, 6.45) is 6.45. The van der Waals surface area contributed by atoms with E-state index in [-0.39, 0.29) is 6.03 Å². The molecule has 1 aromatic carbocycles. The Labute approximate surface area is 177 Å². The second-order valence-corrected chi connectivity index (χ2v) is 8.96. The van der Waals surface area contributed by atoms with Gasteiger partial charge in [-0.3, -0.25) is 0 Å². The van der Waals surface area contributed by atoms with Gasteiger partial charge < -0.3 is 14.8 Å². The zero-order valence-electron chi connectivity index (χ0n) is 17.8. The van der Waals surface area contributed by atoms with Crippen LogP contribution >= 0.6 is 0 Å². The van der Waals surface area contributed by atoms with Gasteiger partial charge in [0.15, 0.2) is 5.65 Å². The number of nitrogens with one attached hydrogen (secondary N) is 1. The quantitative estimate of drug-likeness (QED) is 0.676. The molecule has 0 spiro atoms. The summed E-state index contributed by atoms with van der Waals surface area (Å²) in [5.41, 5.74) is 5.17. The first kappa shape index (κ1) is 19.1. The number of piperidine rings is 1. The number of aromatic nitrogens is 3. The number of amides is 2. The average Bonchev–Trinajstić information content (AvgIpc) is 3.50. The van der Waals surface area contributed by atoms with E-state index in [1.54, 1.807) is 0 Å². The van der Waals surface area contributed by atoms with Gasteiger partial charge in [-0.1, -0.05) is 6.07 Å². The molecule has 6 nitrogen and oxygen atoms in total. The van der Waals surface area contributed by atoms with E-state index in [0.717, 1.165) is 60.5 Å². The zero-order chi connectivity index (χ0) is 20.7. The number of carbonyl (C=O) groups excluding carboxylic acids is 1. The fourth-order valence-electron chi connectivity index (χ4n) is 4.72. The molecule has 3 heterocycles. The minimum absolute atomic E-state index is 0.000676. The largest absolute Gasteiger partial charge is 0.324 e. The number of pyridine rings is 1. The lowest BCUT2D eigenvalue weighted by atomic mass is 9.98. The zero-order valence-corrected chi connectivity index (χ0v) is 17.8. The number of aryl methyl sites for hydroxylation is 2. The third-order valence-electron chi connectivity index (χ3n) is 6.20. The van der Waals surface area contributed by atoms with Crippen molar-refractivity contribution in [2.75, 3.05) is 18.4 Å². The third-order valence-corrected chi connectivity index (χ3v) is 6.20. The topological polar surface area (TPSA) is 63.1 Å². The molecule has 1 saturated heterocycles. The summed E-state index contributed by atoms with van der Waals surface area (Å²) in [4.78, 5) is 24.4. The van der Waals surface area contributed by atoms with E-state index in [2.05, 4.69) is 40.8 Å². The van der Waals surface area contributed by atoms with Crippen molar-refractivity contribution in [2.45, 2.75) is 52.0 Å². The number of anilines is 1. The molecule has 1 unspecified atom stereocenters. The first-order chi connectivity index (χ1) is 14.6. The minimum Gasteiger partial charge on any atom is -0.324 e. The first-order valence-electron chi connectivity index (χ1n) is 11.0. The van der Waals surface area contributed by atoms with Crippen LogP contribution in [-0.2, 0) is 6.54 Å². The normalized spacial score (nSPS) is 19.3. The van der Waals surface area contributed by atoms with Crippen LogP contribution in [0.5, 0.6) is 0 Å². The van der Waals surface area contributed by atoms with Crippen LogP contribution in [0.15, 0.2) is 36.5 Å². The summed E-state index contributed by atoms with van der Waals surface area (Å²) >= 11 is 0. The standard InChI is InChI=1S/C24H29N5O/c1-16-11-17(2)13-20(12-16)26-24(30)28-10-4-5-18(14-28)15-29-22(19-7-8-19)27-21-6-3-9-25-23(21)29/h3,6,9,11-13,18-19H,4-5,7-8,10,14-15H2,1-2H3,(H,26,30). The van der Waals surface area contributed by atoms with Crippen molar-refractivity contribution in [3.8, 4) is 0 Å². The number of rotatable bonds is 4. The first-order valence-corrected chi connectivity index (χ1v) is 11.0. The molecule has 2 fully saturated rings. The Hall–Kier alpha value is -2.89. The number of benzene rings is 1. The molecule has 0 radical (unpaired) electrons. The van der Waals surface area contributed by atoms with Gasteiger partial charge in [-0.25, -0.2) is 14.8 Å². The number of urea groups is 1. The van der Waals surface area contributed by atoms with Crippen LogP contribution in [0.2, 0.25) is 0 Å². The van der Waals surface area contributed by atoms with Crippen molar-refractivity contribution < 1.29 is 4.79 Å². The summed E-state index contributed by atoms with van der Waals surface area (Å²) in [5.74, 6) is 2.17. The van der Waals surface area contributed by atoms with E-state index in [1.807, 2.05) is 29.3 Å². The van der Waals surface area contributed by atoms with Crippen molar-refractivity contribution in [2.24, 2.45) is 5.92 Å². The van der Waals surface area contributed by atoms with E-state index in [9.17, 15) is 4.79 Å². The summed E-state index contributed by atoms with van der Waals surface area (Å²) < 4.78 is 2.32. The van der Waals surface area contributed by atoms with Crippen LogP contribution in [0.3, 0.4) is 0 Å². The highest BCUT2D eigenvalue weighted by molar-refractivity contribution is 5.89. The molecule has 2 amide bonds. The summed E-state index contributed by atoms with van der Waals surface area (Å²) in [6.45, 7) is 6.58. The fraction of sp³-hybridized carbons (Fsp3) is 0.458. The molecule has 1 saturated carbocycles. The summed E-state index contributed by atoms with van der Waals surface area (Å²) in [7, 11) is 0. The van der Waals surface area contributed by atoms with Gasteiger partial charge in [-0.05, 0) is 80.8 Å². The predicted molar refractivity (Wildman–Crippen MR) is 119 cm³/mol. The van der Waals surface area contributed by atoms with Gasteiger partial charge in [0, 0.05) is 37.4 Å². The molecule has 6 heteroatoms. The van der Waals surface area contributed by atoms with Crippen molar-refractivity contribution >= 4 is 22.9 Å². The Morgan fingerprint density at radius 1 is 1.17 bits per heavy atom. The number of nitrogens with zero attached hydrogens (tertiary/aromatic N) is 4. The maximum Gasteiger partial charge on any atom is 0.321 e.